The molecule has 1 aliphatic carbocycles. The summed E-state index contributed by atoms with van der Waals surface area (Å²) in [6.45, 7) is 0. The minimum absolute atomic E-state index is 1.00. The summed E-state index contributed by atoms with van der Waals surface area (Å²) in [5, 5.41) is 3.79. The maximum absolute atomic E-state index is 5.12. The number of fused-ring (bicyclic) bond motifs is 7. The molecule has 1 nitrogen and oxygen atoms in total. The largest absolute Gasteiger partial charge is 0.247 e. The molecule has 1 aromatic heterocycles. The van der Waals surface area contributed by atoms with Gasteiger partial charge >= 0.3 is 0 Å². The number of nitrogens with zero attached hydrogens (tertiary/aromatic N) is 1. The van der Waals surface area contributed by atoms with Crippen LogP contribution >= 0.6 is 0 Å². The van der Waals surface area contributed by atoms with Crippen molar-refractivity contribution in [2.45, 2.75) is 6.42 Å². The summed E-state index contributed by atoms with van der Waals surface area (Å²) in [6.07, 6.45) is 1.00. The van der Waals surface area contributed by atoms with Crippen LogP contribution in [0.25, 0.3) is 44.1 Å². The molecule has 126 valence electrons. The van der Waals surface area contributed by atoms with E-state index in [9.17, 15) is 0 Å². The molecule has 1 heteroatoms. The Morgan fingerprint density at radius 2 is 1.37 bits per heavy atom. The summed E-state index contributed by atoms with van der Waals surface area (Å²) >= 11 is 0. The van der Waals surface area contributed by atoms with Crippen molar-refractivity contribution in [2.75, 3.05) is 0 Å². The molecule has 0 saturated heterocycles. The van der Waals surface area contributed by atoms with Crippen LogP contribution < -0.4 is 0 Å². The second kappa shape index (κ2) is 5.52. The van der Waals surface area contributed by atoms with E-state index >= 15 is 0 Å². The highest BCUT2D eigenvalue weighted by atomic mass is 14.7. The quantitative estimate of drug-likeness (QED) is 0.305. The lowest BCUT2D eigenvalue weighted by molar-refractivity contribution is 1.27. The molecule has 1 aliphatic rings. The Bertz CT molecular complexity index is 1330. The Hall–Kier alpha value is -3.45. The van der Waals surface area contributed by atoms with Crippen molar-refractivity contribution in [3.05, 3.63) is 102 Å². The van der Waals surface area contributed by atoms with Crippen molar-refractivity contribution in [3.8, 4) is 22.4 Å². The average molecular weight is 343 g/mol. The number of hydrogen-bond donors (Lipinski definition) is 0. The molecule has 0 saturated carbocycles. The van der Waals surface area contributed by atoms with E-state index in [0.29, 0.717) is 0 Å². The molecule has 0 bridgehead atoms. The Morgan fingerprint density at radius 1 is 0.593 bits per heavy atom. The van der Waals surface area contributed by atoms with Crippen LogP contribution in [0.4, 0.5) is 0 Å². The summed E-state index contributed by atoms with van der Waals surface area (Å²) < 4.78 is 0. The molecule has 0 fully saturated rings. The van der Waals surface area contributed by atoms with Crippen molar-refractivity contribution in [3.63, 3.8) is 0 Å². The fraction of sp³-hybridized carbons (Fsp3) is 0.0385. The Balaban J connectivity index is 1.85. The number of pyridine rings is 1. The number of hydrogen-bond acceptors (Lipinski definition) is 1. The van der Waals surface area contributed by atoms with Crippen LogP contribution in [0.3, 0.4) is 0 Å². The van der Waals surface area contributed by atoms with Gasteiger partial charge in [-0.1, -0.05) is 84.9 Å². The van der Waals surface area contributed by atoms with Crippen LogP contribution in [0.15, 0.2) is 91.0 Å². The van der Waals surface area contributed by atoms with Gasteiger partial charge in [-0.2, -0.15) is 0 Å². The molecule has 0 unspecified atom stereocenters. The van der Waals surface area contributed by atoms with Gasteiger partial charge in [0.25, 0.3) is 0 Å². The molecule has 4 aromatic carbocycles. The minimum Gasteiger partial charge on any atom is -0.247 e. The fourth-order valence-electron chi connectivity index (χ4n) is 4.47. The Labute approximate surface area is 157 Å². The zero-order valence-corrected chi connectivity index (χ0v) is 14.8. The van der Waals surface area contributed by atoms with Crippen LogP contribution in [0.2, 0.25) is 0 Å². The average Bonchev–Trinajstić information content (AvgIpc) is 3.12. The summed E-state index contributed by atoms with van der Waals surface area (Å²) in [7, 11) is 0. The van der Waals surface area contributed by atoms with E-state index in [4.69, 9.17) is 4.98 Å². The first kappa shape index (κ1) is 14.7. The summed E-state index contributed by atoms with van der Waals surface area (Å²) in [5.74, 6) is 0. The normalized spacial score (nSPS) is 12.3. The Kier molecular flexibility index (Phi) is 3.00. The van der Waals surface area contributed by atoms with Gasteiger partial charge in [0.1, 0.15) is 0 Å². The van der Waals surface area contributed by atoms with Crippen molar-refractivity contribution in [2.24, 2.45) is 0 Å². The lowest BCUT2D eigenvalue weighted by Crippen LogP contribution is -1.93. The van der Waals surface area contributed by atoms with E-state index in [2.05, 4.69) is 91.0 Å². The van der Waals surface area contributed by atoms with E-state index in [0.717, 1.165) is 17.6 Å². The van der Waals surface area contributed by atoms with Crippen LogP contribution in [-0.2, 0) is 6.42 Å². The van der Waals surface area contributed by atoms with Crippen molar-refractivity contribution in [1.29, 1.82) is 0 Å². The second-order valence-corrected chi connectivity index (χ2v) is 7.20. The fourth-order valence-corrected chi connectivity index (χ4v) is 4.47. The molecule has 1 heterocycles. The highest BCUT2D eigenvalue weighted by molar-refractivity contribution is 6.17. The smallest absolute Gasteiger partial charge is 0.0794 e. The van der Waals surface area contributed by atoms with Crippen LogP contribution in [-0.4, -0.2) is 4.98 Å². The van der Waals surface area contributed by atoms with E-state index in [1.54, 1.807) is 0 Å². The topological polar surface area (TPSA) is 12.9 Å². The predicted octanol–water partition coefficient (Wildman–Crippen LogP) is 6.63. The lowest BCUT2D eigenvalue weighted by atomic mass is 9.92. The van der Waals surface area contributed by atoms with E-state index < -0.39 is 0 Å². The first-order chi connectivity index (χ1) is 13.4. The van der Waals surface area contributed by atoms with Gasteiger partial charge in [-0.3, -0.25) is 0 Å². The van der Waals surface area contributed by atoms with E-state index in [1.165, 1.54) is 44.0 Å². The molecular formula is C26H17N. The highest BCUT2D eigenvalue weighted by Gasteiger charge is 2.23. The van der Waals surface area contributed by atoms with Gasteiger partial charge in [0.2, 0.25) is 0 Å². The maximum atomic E-state index is 5.12. The van der Waals surface area contributed by atoms with Gasteiger partial charge in [-0.15, -0.1) is 0 Å². The molecule has 27 heavy (non-hydrogen) atoms. The zero-order chi connectivity index (χ0) is 17.8. The molecule has 0 aliphatic heterocycles. The molecule has 0 atom stereocenters. The van der Waals surface area contributed by atoms with E-state index in [1.807, 2.05) is 0 Å². The molecule has 0 N–H and O–H groups in total. The molecule has 6 rings (SSSR count). The van der Waals surface area contributed by atoms with Gasteiger partial charge in [-0.05, 0) is 40.1 Å². The van der Waals surface area contributed by atoms with Crippen LogP contribution in [0.1, 0.15) is 11.1 Å². The summed E-state index contributed by atoms with van der Waals surface area (Å²) in [6, 6.07) is 32.4. The number of benzene rings is 4. The SMILES string of the molecule is c1ccc(-c2nc3ccccc3c3ccc4c(c23)-c2ccccc2C4)cc1. The number of aromatic nitrogens is 1. The Morgan fingerprint density at radius 3 is 2.30 bits per heavy atom. The summed E-state index contributed by atoms with van der Waals surface area (Å²) in [5.41, 5.74) is 8.83. The predicted molar refractivity (Wildman–Crippen MR) is 113 cm³/mol. The molecule has 0 spiro atoms. The van der Waals surface area contributed by atoms with E-state index in [-0.39, 0.29) is 0 Å². The van der Waals surface area contributed by atoms with Gasteiger partial charge in [0.05, 0.1) is 11.2 Å². The van der Waals surface area contributed by atoms with Crippen LogP contribution in [0.5, 0.6) is 0 Å². The highest BCUT2D eigenvalue weighted by Crippen LogP contribution is 2.45. The summed E-state index contributed by atoms with van der Waals surface area (Å²) in [4.78, 5) is 5.12. The van der Waals surface area contributed by atoms with Gasteiger partial charge < -0.3 is 0 Å². The number of para-hydroxylation sites is 1. The van der Waals surface area contributed by atoms with Crippen LogP contribution in [0, 0.1) is 0 Å². The third-order valence-electron chi connectivity index (χ3n) is 5.67. The third kappa shape index (κ3) is 2.09. The van der Waals surface area contributed by atoms with Crippen molar-refractivity contribution >= 4 is 21.7 Å². The maximum Gasteiger partial charge on any atom is 0.0794 e. The first-order valence-electron chi connectivity index (χ1n) is 9.38. The molecule has 0 amide bonds. The number of rotatable bonds is 1. The zero-order valence-electron chi connectivity index (χ0n) is 14.8. The minimum atomic E-state index is 1.00. The molecule has 5 aromatic rings. The third-order valence-corrected chi connectivity index (χ3v) is 5.67. The van der Waals surface area contributed by atoms with Gasteiger partial charge in [0.15, 0.2) is 0 Å². The first-order valence-corrected chi connectivity index (χ1v) is 9.38. The van der Waals surface area contributed by atoms with Crippen molar-refractivity contribution in [1.82, 2.24) is 4.98 Å². The molecule has 0 radical (unpaired) electrons. The molecular weight excluding hydrogens is 326 g/mol. The lowest BCUT2D eigenvalue weighted by Gasteiger charge is -2.14. The monoisotopic (exact) mass is 343 g/mol. The standard InChI is InChI=1S/C26H17N/c1-2-8-17(9-3-1)26-25-22(21-12-6-7-13-23(21)27-26)15-14-19-16-18-10-4-5-11-20(18)24(19)25/h1-15H,16H2. The second-order valence-electron chi connectivity index (χ2n) is 7.20. The van der Waals surface area contributed by atoms with Crippen molar-refractivity contribution < 1.29 is 0 Å². The van der Waals surface area contributed by atoms with Gasteiger partial charge in [0, 0.05) is 16.3 Å². The van der Waals surface area contributed by atoms with Gasteiger partial charge in [-0.25, -0.2) is 4.98 Å².